The van der Waals surface area contributed by atoms with Crippen LogP contribution in [0.5, 0.6) is 0 Å². The number of hydrogen-bond donors (Lipinski definition) is 1. The molecule has 0 saturated carbocycles. The van der Waals surface area contributed by atoms with Crippen molar-refractivity contribution in [2.24, 2.45) is 0 Å². The van der Waals surface area contributed by atoms with Gasteiger partial charge in [0, 0.05) is 12.3 Å². The van der Waals surface area contributed by atoms with Gasteiger partial charge in [-0.15, -0.1) is 11.8 Å². The fraction of sp³-hybridized carbons (Fsp3) is 0.190. The average Bonchev–Trinajstić information content (AvgIpc) is 2.65. The number of rotatable bonds is 6. The Bertz CT molecular complexity index is 811. The Hall–Kier alpha value is -2.26. The average molecular weight is 335 g/mol. The molecule has 24 heavy (non-hydrogen) atoms. The summed E-state index contributed by atoms with van der Waals surface area (Å²) in [5.41, 5.74) is 2.40. The SMILES string of the molecule is CC(SCc1ccccc1)C(=O)NCc1cccc2ccccc12. The highest BCUT2D eigenvalue weighted by Crippen LogP contribution is 2.20. The number of benzene rings is 3. The third-order valence-corrected chi connectivity index (χ3v) is 5.26. The third-order valence-electron chi connectivity index (χ3n) is 4.05. The summed E-state index contributed by atoms with van der Waals surface area (Å²) in [6, 6.07) is 24.7. The Labute approximate surface area is 147 Å². The van der Waals surface area contributed by atoms with Gasteiger partial charge in [0.05, 0.1) is 5.25 Å². The van der Waals surface area contributed by atoms with Gasteiger partial charge < -0.3 is 5.32 Å². The van der Waals surface area contributed by atoms with Crippen LogP contribution in [0.25, 0.3) is 10.8 Å². The number of amides is 1. The molecule has 1 unspecified atom stereocenters. The Kier molecular flexibility index (Phi) is 5.55. The van der Waals surface area contributed by atoms with E-state index in [1.807, 2.05) is 43.3 Å². The van der Waals surface area contributed by atoms with Crippen molar-refractivity contribution in [1.29, 1.82) is 0 Å². The van der Waals surface area contributed by atoms with Gasteiger partial charge in [0.25, 0.3) is 0 Å². The molecule has 0 aliphatic carbocycles. The summed E-state index contributed by atoms with van der Waals surface area (Å²) in [7, 11) is 0. The second-order valence-electron chi connectivity index (χ2n) is 5.79. The third kappa shape index (κ3) is 4.18. The molecule has 1 amide bonds. The fourth-order valence-corrected chi connectivity index (χ4v) is 3.51. The van der Waals surface area contributed by atoms with Crippen LogP contribution in [0.15, 0.2) is 72.8 Å². The molecule has 0 radical (unpaired) electrons. The molecule has 1 N–H and O–H groups in total. The molecule has 0 fully saturated rings. The first-order valence-corrected chi connectivity index (χ1v) is 9.19. The Morgan fingerprint density at radius 3 is 2.50 bits per heavy atom. The van der Waals surface area contributed by atoms with Gasteiger partial charge in [0.2, 0.25) is 5.91 Å². The van der Waals surface area contributed by atoms with E-state index < -0.39 is 0 Å². The summed E-state index contributed by atoms with van der Waals surface area (Å²) in [5, 5.41) is 5.40. The molecule has 3 rings (SSSR count). The zero-order valence-electron chi connectivity index (χ0n) is 13.7. The zero-order chi connectivity index (χ0) is 16.8. The molecule has 3 aromatic rings. The van der Waals surface area contributed by atoms with Gasteiger partial charge in [0.15, 0.2) is 0 Å². The molecule has 2 nitrogen and oxygen atoms in total. The van der Waals surface area contributed by atoms with Crippen molar-refractivity contribution in [3.8, 4) is 0 Å². The topological polar surface area (TPSA) is 29.1 Å². The van der Waals surface area contributed by atoms with Crippen molar-refractivity contribution >= 4 is 28.4 Å². The number of carbonyl (C=O) groups excluding carboxylic acids is 1. The highest BCUT2D eigenvalue weighted by molar-refractivity contribution is 7.99. The van der Waals surface area contributed by atoms with Crippen molar-refractivity contribution in [2.45, 2.75) is 24.5 Å². The predicted octanol–water partition coefficient (Wildman–Crippen LogP) is 4.78. The molecule has 0 aliphatic heterocycles. The first-order chi connectivity index (χ1) is 11.7. The van der Waals surface area contributed by atoms with E-state index in [0.717, 1.165) is 11.3 Å². The summed E-state index contributed by atoms with van der Waals surface area (Å²) in [4.78, 5) is 12.3. The Morgan fingerprint density at radius 2 is 1.67 bits per heavy atom. The van der Waals surface area contributed by atoms with E-state index in [4.69, 9.17) is 0 Å². The molecule has 0 aliphatic rings. The Morgan fingerprint density at radius 1 is 0.958 bits per heavy atom. The molecule has 0 aromatic heterocycles. The number of nitrogens with one attached hydrogen (secondary N) is 1. The number of fused-ring (bicyclic) bond motifs is 1. The van der Waals surface area contributed by atoms with E-state index >= 15 is 0 Å². The minimum atomic E-state index is -0.0693. The smallest absolute Gasteiger partial charge is 0.233 e. The van der Waals surface area contributed by atoms with E-state index in [1.165, 1.54) is 16.3 Å². The Balaban J connectivity index is 1.56. The molecule has 3 aromatic carbocycles. The molecule has 1 atom stereocenters. The molecule has 3 heteroatoms. The van der Waals surface area contributed by atoms with Gasteiger partial charge in [0.1, 0.15) is 0 Å². The van der Waals surface area contributed by atoms with E-state index in [1.54, 1.807) is 11.8 Å². The van der Waals surface area contributed by atoms with Crippen molar-refractivity contribution in [3.05, 3.63) is 83.9 Å². The van der Waals surface area contributed by atoms with E-state index in [-0.39, 0.29) is 11.2 Å². The van der Waals surface area contributed by atoms with Crippen LogP contribution in [0.3, 0.4) is 0 Å². The molecule has 0 saturated heterocycles. The zero-order valence-corrected chi connectivity index (χ0v) is 14.6. The standard InChI is InChI=1S/C21H21NOS/c1-16(24-15-17-8-3-2-4-9-17)21(23)22-14-19-12-7-11-18-10-5-6-13-20(18)19/h2-13,16H,14-15H2,1H3,(H,22,23). The van der Waals surface area contributed by atoms with Crippen molar-refractivity contribution < 1.29 is 4.79 Å². The van der Waals surface area contributed by atoms with Crippen LogP contribution in [-0.4, -0.2) is 11.2 Å². The summed E-state index contributed by atoms with van der Waals surface area (Å²) >= 11 is 1.66. The highest BCUT2D eigenvalue weighted by atomic mass is 32.2. The van der Waals surface area contributed by atoms with Gasteiger partial charge in [-0.05, 0) is 28.8 Å². The van der Waals surface area contributed by atoms with Gasteiger partial charge in [-0.2, -0.15) is 0 Å². The monoisotopic (exact) mass is 335 g/mol. The van der Waals surface area contributed by atoms with Crippen LogP contribution in [-0.2, 0) is 17.1 Å². The quantitative estimate of drug-likeness (QED) is 0.702. The van der Waals surface area contributed by atoms with Crippen LogP contribution < -0.4 is 5.32 Å². The van der Waals surface area contributed by atoms with Crippen molar-refractivity contribution in [3.63, 3.8) is 0 Å². The lowest BCUT2D eigenvalue weighted by molar-refractivity contribution is -0.120. The van der Waals surface area contributed by atoms with Gasteiger partial charge >= 0.3 is 0 Å². The lowest BCUT2D eigenvalue weighted by Gasteiger charge is -2.13. The normalized spacial score (nSPS) is 12.0. The molecular weight excluding hydrogens is 314 g/mol. The molecule has 0 spiro atoms. The van der Waals surface area contributed by atoms with E-state index in [2.05, 4.69) is 41.7 Å². The summed E-state index contributed by atoms with van der Waals surface area (Å²) in [5.74, 6) is 0.938. The highest BCUT2D eigenvalue weighted by Gasteiger charge is 2.13. The summed E-state index contributed by atoms with van der Waals surface area (Å²) in [6.07, 6.45) is 0. The summed E-state index contributed by atoms with van der Waals surface area (Å²) < 4.78 is 0. The predicted molar refractivity (Wildman–Crippen MR) is 103 cm³/mol. The van der Waals surface area contributed by atoms with E-state index in [9.17, 15) is 4.79 Å². The molecule has 0 bridgehead atoms. The van der Waals surface area contributed by atoms with E-state index in [0.29, 0.717) is 6.54 Å². The van der Waals surface area contributed by atoms with Gasteiger partial charge in [-0.25, -0.2) is 0 Å². The van der Waals surface area contributed by atoms with Crippen molar-refractivity contribution in [1.82, 2.24) is 5.32 Å². The lowest BCUT2D eigenvalue weighted by Crippen LogP contribution is -2.30. The lowest BCUT2D eigenvalue weighted by atomic mass is 10.0. The second kappa shape index (κ2) is 8.02. The summed E-state index contributed by atoms with van der Waals surface area (Å²) in [6.45, 7) is 2.53. The first kappa shape index (κ1) is 16.6. The van der Waals surface area contributed by atoms with Crippen LogP contribution >= 0.6 is 11.8 Å². The minimum absolute atomic E-state index is 0.0693. The van der Waals surface area contributed by atoms with Gasteiger partial charge in [-0.3, -0.25) is 4.79 Å². The number of thioether (sulfide) groups is 1. The molecular formula is C21H21NOS. The maximum Gasteiger partial charge on any atom is 0.233 e. The first-order valence-electron chi connectivity index (χ1n) is 8.14. The van der Waals surface area contributed by atoms with Crippen LogP contribution in [0, 0.1) is 0 Å². The number of hydrogen-bond acceptors (Lipinski definition) is 2. The van der Waals surface area contributed by atoms with Crippen LogP contribution in [0.2, 0.25) is 0 Å². The molecule has 122 valence electrons. The number of carbonyl (C=O) groups is 1. The van der Waals surface area contributed by atoms with Crippen LogP contribution in [0.4, 0.5) is 0 Å². The van der Waals surface area contributed by atoms with Gasteiger partial charge in [-0.1, -0.05) is 72.8 Å². The largest absolute Gasteiger partial charge is 0.351 e. The minimum Gasteiger partial charge on any atom is -0.351 e. The molecule has 0 heterocycles. The van der Waals surface area contributed by atoms with Crippen LogP contribution in [0.1, 0.15) is 18.1 Å². The maximum absolute atomic E-state index is 12.3. The fourth-order valence-electron chi connectivity index (χ4n) is 2.64. The maximum atomic E-state index is 12.3. The second-order valence-corrected chi connectivity index (χ2v) is 7.12. The van der Waals surface area contributed by atoms with Crippen molar-refractivity contribution in [2.75, 3.05) is 0 Å².